The average molecular weight is 389 g/mol. The van der Waals surface area contributed by atoms with Crippen molar-refractivity contribution in [2.75, 3.05) is 26.7 Å². The van der Waals surface area contributed by atoms with Gasteiger partial charge in [-0.25, -0.2) is 8.78 Å². The summed E-state index contributed by atoms with van der Waals surface area (Å²) in [7, 11) is 1.77. The van der Waals surface area contributed by atoms with E-state index in [0.717, 1.165) is 23.1 Å². The third-order valence-corrected chi connectivity index (χ3v) is 6.60. The lowest BCUT2D eigenvalue weighted by Crippen LogP contribution is -2.37. The minimum atomic E-state index is -0.802. The van der Waals surface area contributed by atoms with Crippen LogP contribution in [0.15, 0.2) is 34.8 Å². The monoisotopic (exact) mass is 388 g/mol. The molecule has 2 atom stereocenters. The van der Waals surface area contributed by atoms with Gasteiger partial charge >= 0.3 is 0 Å². The average Bonchev–Trinajstić information content (AvgIpc) is 3.09. The molecule has 154 valence electrons. The van der Waals surface area contributed by atoms with Crippen LogP contribution in [0.1, 0.15) is 51.5 Å². The number of allylic oxidation sites excluding steroid dienone is 2. The summed E-state index contributed by atoms with van der Waals surface area (Å²) in [6.45, 7) is 8.21. The molecule has 2 fully saturated rings. The van der Waals surface area contributed by atoms with Gasteiger partial charge in [-0.3, -0.25) is 4.99 Å². The van der Waals surface area contributed by atoms with Crippen molar-refractivity contribution in [1.82, 2.24) is 4.90 Å². The van der Waals surface area contributed by atoms with E-state index in [1.165, 1.54) is 69.4 Å². The third-order valence-electron chi connectivity index (χ3n) is 6.60. The molecular formula is C24H34F2N2. The Bertz CT molecular complexity index is 717. The van der Waals surface area contributed by atoms with Gasteiger partial charge in [0.15, 0.2) is 11.6 Å². The van der Waals surface area contributed by atoms with Crippen LogP contribution in [0.3, 0.4) is 0 Å². The molecule has 2 aliphatic rings. The summed E-state index contributed by atoms with van der Waals surface area (Å²) in [5.41, 5.74) is 3.03. The van der Waals surface area contributed by atoms with Crippen LogP contribution in [0.2, 0.25) is 0 Å². The fourth-order valence-electron chi connectivity index (χ4n) is 4.86. The van der Waals surface area contributed by atoms with E-state index in [9.17, 15) is 8.78 Å². The first-order valence-electron chi connectivity index (χ1n) is 10.7. The van der Waals surface area contributed by atoms with E-state index in [-0.39, 0.29) is 0 Å². The maximum Gasteiger partial charge on any atom is 0.159 e. The summed E-state index contributed by atoms with van der Waals surface area (Å²) in [5, 5.41) is 0. The van der Waals surface area contributed by atoms with Crippen LogP contribution >= 0.6 is 0 Å². The number of likely N-dealkylation sites (tertiary alicyclic amines) is 1. The van der Waals surface area contributed by atoms with Crippen LogP contribution < -0.4 is 0 Å². The van der Waals surface area contributed by atoms with Gasteiger partial charge in [-0.15, -0.1) is 0 Å². The number of hydrogen-bond acceptors (Lipinski definition) is 2. The molecule has 1 saturated heterocycles. The maximum absolute atomic E-state index is 13.5. The molecule has 0 radical (unpaired) electrons. The topological polar surface area (TPSA) is 15.6 Å². The van der Waals surface area contributed by atoms with Crippen molar-refractivity contribution < 1.29 is 8.78 Å². The van der Waals surface area contributed by atoms with E-state index in [2.05, 4.69) is 29.8 Å². The largest absolute Gasteiger partial charge is 0.303 e. The number of benzene rings is 1. The van der Waals surface area contributed by atoms with Crippen molar-refractivity contribution in [3.05, 3.63) is 47.0 Å². The van der Waals surface area contributed by atoms with E-state index >= 15 is 0 Å². The molecule has 28 heavy (non-hydrogen) atoms. The molecule has 0 amide bonds. The smallest absolute Gasteiger partial charge is 0.159 e. The zero-order chi connectivity index (χ0) is 20.1. The Morgan fingerprint density at radius 3 is 2.50 bits per heavy atom. The third kappa shape index (κ3) is 5.73. The molecule has 1 aromatic carbocycles. The van der Waals surface area contributed by atoms with E-state index in [1.54, 1.807) is 13.1 Å². The minimum Gasteiger partial charge on any atom is -0.303 e. The molecule has 3 rings (SSSR count). The van der Waals surface area contributed by atoms with Gasteiger partial charge in [-0.1, -0.05) is 25.0 Å². The highest BCUT2D eigenvalue weighted by Crippen LogP contribution is 2.32. The second kappa shape index (κ2) is 9.78. The van der Waals surface area contributed by atoms with Gasteiger partial charge in [0.1, 0.15) is 0 Å². The molecule has 1 saturated carbocycles. The fourth-order valence-corrected chi connectivity index (χ4v) is 4.86. The van der Waals surface area contributed by atoms with Crippen LogP contribution in [-0.4, -0.2) is 37.3 Å². The van der Waals surface area contributed by atoms with Crippen molar-refractivity contribution in [3.63, 3.8) is 0 Å². The van der Waals surface area contributed by atoms with Gasteiger partial charge in [0.25, 0.3) is 0 Å². The summed E-state index contributed by atoms with van der Waals surface area (Å²) < 4.78 is 26.6. The highest BCUT2D eigenvalue weighted by Gasteiger charge is 2.26. The van der Waals surface area contributed by atoms with Gasteiger partial charge in [-0.05, 0) is 87.2 Å². The van der Waals surface area contributed by atoms with Crippen LogP contribution in [0.5, 0.6) is 0 Å². The van der Waals surface area contributed by atoms with Crippen LogP contribution in [0.4, 0.5) is 8.78 Å². The molecule has 0 aromatic heterocycles. The number of nitrogens with zero attached hydrogens (tertiary/aromatic N) is 2. The predicted octanol–water partition coefficient (Wildman–Crippen LogP) is 5.67. The lowest BCUT2D eigenvalue weighted by atomic mass is 9.88. The summed E-state index contributed by atoms with van der Waals surface area (Å²) in [6.07, 6.45) is 9.29. The minimum absolute atomic E-state index is 0.531. The molecule has 1 heterocycles. The Labute approximate surface area is 168 Å². The van der Waals surface area contributed by atoms with Crippen molar-refractivity contribution in [1.29, 1.82) is 0 Å². The Morgan fingerprint density at radius 1 is 1.14 bits per heavy atom. The molecule has 1 aromatic rings. The molecule has 0 bridgehead atoms. The summed E-state index contributed by atoms with van der Waals surface area (Å²) >= 11 is 0. The van der Waals surface area contributed by atoms with Crippen molar-refractivity contribution in [2.45, 2.75) is 52.4 Å². The molecule has 1 aliphatic carbocycles. The Hall–Kier alpha value is -1.55. The van der Waals surface area contributed by atoms with E-state index < -0.39 is 11.6 Å². The SMILES string of the molecule is CN=C(/C=C(\C)C1CCN(CC2CCC(C)C2)CC1)Cc1ccc(F)c(F)c1. The Morgan fingerprint density at radius 2 is 1.89 bits per heavy atom. The van der Waals surface area contributed by atoms with Gasteiger partial charge in [0, 0.05) is 25.7 Å². The molecule has 0 spiro atoms. The van der Waals surface area contributed by atoms with Crippen molar-refractivity contribution in [3.8, 4) is 0 Å². The highest BCUT2D eigenvalue weighted by atomic mass is 19.2. The number of rotatable bonds is 6. The Kier molecular flexibility index (Phi) is 7.39. The quantitative estimate of drug-likeness (QED) is 0.573. The number of aliphatic imine (C=N–C) groups is 1. The summed E-state index contributed by atoms with van der Waals surface area (Å²) in [5.74, 6) is 0.814. The number of piperidine rings is 1. The Balaban J connectivity index is 1.51. The van der Waals surface area contributed by atoms with E-state index in [4.69, 9.17) is 0 Å². The summed E-state index contributed by atoms with van der Waals surface area (Å²) in [6, 6.07) is 4.09. The van der Waals surface area contributed by atoms with E-state index in [0.29, 0.717) is 12.3 Å². The molecule has 1 aliphatic heterocycles. The number of hydrogen-bond donors (Lipinski definition) is 0. The first kappa shape index (κ1) is 21.2. The maximum atomic E-state index is 13.5. The van der Waals surface area contributed by atoms with Crippen LogP contribution in [0, 0.1) is 29.4 Å². The standard InChI is InChI=1S/C24H34F2N2/c1-17-4-5-20(12-17)16-28-10-8-21(9-11-28)18(2)13-22(27-3)14-19-6-7-23(25)24(26)15-19/h6-7,13,15,17,20-21H,4-5,8-12,14,16H2,1-3H3/b18-13+,27-22?. The van der Waals surface area contributed by atoms with Crippen LogP contribution in [-0.2, 0) is 6.42 Å². The zero-order valence-corrected chi connectivity index (χ0v) is 17.6. The van der Waals surface area contributed by atoms with Crippen LogP contribution in [0.25, 0.3) is 0 Å². The zero-order valence-electron chi connectivity index (χ0n) is 17.6. The van der Waals surface area contributed by atoms with Gasteiger partial charge in [-0.2, -0.15) is 0 Å². The predicted molar refractivity (Wildman–Crippen MR) is 113 cm³/mol. The van der Waals surface area contributed by atoms with Gasteiger partial charge in [0.05, 0.1) is 0 Å². The van der Waals surface area contributed by atoms with Crippen molar-refractivity contribution >= 4 is 5.71 Å². The second-order valence-corrected chi connectivity index (χ2v) is 8.89. The molecule has 4 heteroatoms. The summed E-state index contributed by atoms with van der Waals surface area (Å²) in [4.78, 5) is 7.03. The van der Waals surface area contributed by atoms with E-state index in [1.807, 2.05) is 0 Å². The normalized spacial score (nSPS) is 25.5. The fraction of sp³-hybridized carbons (Fsp3) is 0.625. The lowest BCUT2D eigenvalue weighted by Gasteiger charge is -2.34. The lowest BCUT2D eigenvalue weighted by molar-refractivity contribution is 0.171. The first-order valence-corrected chi connectivity index (χ1v) is 10.7. The molecule has 2 unspecified atom stereocenters. The van der Waals surface area contributed by atoms with Gasteiger partial charge < -0.3 is 4.90 Å². The molecular weight excluding hydrogens is 354 g/mol. The number of halogens is 2. The van der Waals surface area contributed by atoms with Crippen molar-refractivity contribution in [2.24, 2.45) is 22.7 Å². The van der Waals surface area contributed by atoms with Gasteiger partial charge in [0.2, 0.25) is 0 Å². The second-order valence-electron chi connectivity index (χ2n) is 8.89. The first-order chi connectivity index (χ1) is 13.4. The molecule has 2 nitrogen and oxygen atoms in total. The molecule has 0 N–H and O–H groups in total. The highest BCUT2D eigenvalue weighted by molar-refractivity contribution is 5.97.